The number of hydrogen-bond acceptors (Lipinski definition) is 4. The third-order valence-electron chi connectivity index (χ3n) is 3.98. The van der Waals surface area contributed by atoms with Crippen LogP contribution in [0.5, 0.6) is 0 Å². The van der Waals surface area contributed by atoms with Gasteiger partial charge in [-0.3, -0.25) is 11.3 Å². The van der Waals surface area contributed by atoms with Crippen LogP contribution in [0, 0.1) is 0 Å². The molecule has 0 aliphatic carbocycles. The van der Waals surface area contributed by atoms with Crippen LogP contribution in [0.1, 0.15) is 43.9 Å². The Balaban J connectivity index is 1.95. The van der Waals surface area contributed by atoms with E-state index >= 15 is 0 Å². The Bertz CT molecular complexity index is 413. The van der Waals surface area contributed by atoms with Crippen molar-refractivity contribution in [2.45, 2.75) is 50.5 Å². The van der Waals surface area contributed by atoms with E-state index in [1.807, 2.05) is 11.8 Å². The number of benzene rings is 1. The van der Waals surface area contributed by atoms with E-state index in [1.165, 1.54) is 17.5 Å². The molecule has 0 aromatic heterocycles. The summed E-state index contributed by atoms with van der Waals surface area (Å²) < 4.78 is 5.97. The van der Waals surface area contributed by atoms with Crippen LogP contribution >= 0.6 is 11.8 Å². The first-order valence-electron chi connectivity index (χ1n) is 7.51. The van der Waals surface area contributed by atoms with Crippen LogP contribution in [0.4, 0.5) is 0 Å². The number of thioether (sulfide) groups is 1. The molecule has 3 atom stereocenters. The first-order valence-corrected chi connectivity index (χ1v) is 8.56. The van der Waals surface area contributed by atoms with Gasteiger partial charge in [0.1, 0.15) is 0 Å². The summed E-state index contributed by atoms with van der Waals surface area (Å²) in [5.74, 6) is 6.75. The summed E-state index contributed by atoms with van der Waals surface area (Å²) in [4.78, 5) is 0. The van der Waals surface area contributed by atoms with Gasteiger partial charge in [0.25, 0.3) is 0 Å². The fourth-order valence-corrected chi connectivity index (χ4v) is 3.54. The number of fused-ring (bicyclic) bond motifs is 1. The maximum Gasteiger partial charge on any atom is 0.0843 e. The van der Waals surface area contributed by atoms with Gasteiger partial charge in [0.2, 0.25) is 0 Å². The molecule has 1 aromatic carbocycles. The van der Waals surface area contributed by atoms with Crippen LogP contribution in [-0.2, 0) is 11.2 Å². The second-order valence-electron chi connectivity index (χ2n) is 5.46. The summed E-state index contributed by atoms with van der Waals surface area (Å²) in [7, 11) is 0. The molecule has 0 radical (unpaired) electrons. The SMILES string of the molecule is CCC(C)SCC(CC1OCCc2ccccc21)NN. The third-order valence-corrected chi connectivity index (χ3v) is 5.48. The smallest absolute Gasteiger partial charge is 0.0843 e. The maximum absolute atomic E-state index is 5.97. The molecule has 20 heavy (non-hydrogen) atoms. The summed E-state index contributed by atoms with van der Waals surface area (Å²) in [6.45, 7) is 5.31. The molecule has 0 spiro atoms. The molecule has 0 saturated carbocycles. The van der Waals surface area contributed by atoms with Crippen molar-refractivity contribution in [3.63, 3.8) is 0 Å². The highest BCUT2D eigenvalue weighted by molar-refractivity contribution is 7.99. The topological polar surface area (TPSA) is 47.3 Å². The van der Waals surface area contributed by atoms with Gasteiger partial charge >= 0.3 is 0 Å². The molecule has 1 aliphatic heterocycles. The molecule has 0 amide bonds. The van der Waals surface area contributed by atoms with Crippen molar-refractivity contribution < 1.29 is 4.74 Å². The third kappa shape index (κ3) is 4.22. The lowest BCUT2D eigenvalue weighted by atomic mass is 9.94. The molecule has 0 fully saturated rings. The molecule has 0 bridgehead atoms. The zero-order valence-corrected chi connectivity index (χ0v) is 13.3. The van der Waals surface area contributed by atoms with Crippen molar-refractivity contribution in [3.8, 4) is 0 Å². The van der Waals surface area contributed by atoms with Gasteiger partial charge in [-0.15, -0.1) is 0 Å². The Hall–Kier alpha value is -0.550. The maximum atomic E-state index is 5.97. The monoisotopic (exact) mass is 294 g/mol. The highest BCUT2D eigenvalue weighted by atomic mass is 32.2. The molecule has 3 N–H and O–H groups in total. The van der Waals surface area contributed by atoms with Gasteiger partial charge in [-0.1, -0.05) is 38.1 Å². The first-order chi connectivity index (χ1) is 9.74. The Morgan fingerprint density at radius 1 is 1.45 bits per heavy atom. The highest BCUT2D eigenvalue weighted by Crippen LogP contribution is 2.31. The Morgan fingerprint density at radius 3 is 3.00 bits per heavy atom. The molecule has 3 nitrogen and oxygen atoms in total. The van der Waals surface area contributed by atoms with Crippen LogP contribution in [0.25, 0.3) is 0 Å². The summed E-state index contributed by atoms with van der Waals surface area (Å²) in [5, 5.41) is 0.686. The predicted octanol–water partition coefficient (Wildman–Crippen LogP) is 3.05. The molecular formula is C16H26N2OS. The number of hydrazine groups is 1. The second kappa shape index (κ2) is 8.03. The van der Waals surface area contributed by atoms with Crippen molar-refractivity contribution in [1.29, 1.82) is 0 Å². The highest BCUT2D eigenvalue weighted by Gasteiger charge is 2.23. The van der Waals surface area contributed by atoms with E-state index in [0.717, 1.165) is 25.2 Å². The Kier molecular flexibility index (Phi) is 6.36. The number of ether oxygens (including phenoxy) is 1. The van der Waals surface area contributed by atoms with Crippen molar-refractivity contribution in [3.05, 3.63) is 35.4 Å². The average Bonchev–Trinajstić information content (AvgIpc) is 2.51. The molecule has 112 valence electrons. The van der Waals surface area contributed by atoms with Gasteiger partial charge in [-0.25, -0.2) is 0 Å². The van der Waals surface area contributed by atoms with E-state index in [2.05, 4.69) is 43.5 Å². The van der Waals surface area contributed by atoms with Crippen LogP contribution < -0.4 is 11.3 Å². The van der Waals surface area contributed by atoms with Crippen molar-refractivity contribution in [2.75, 3.05) is 12.4 Å². The van der Waals surface area contributed by atoms with E-state index in [-0.39, 0.29) is 6.10 Å². The predicted molar refractivity (Wildman–Crippen MR) is 86.8 cm³/mol. The summed E-state index contributed by atoms with van der Waals surface area (Å²) in [6, 6.07) is 8.90. The summed E-state index contributed by atoms with van der Waals surface area (Å²) in [6.07, 6.45) is 3.34. The van der Waals surface area contributed by atoms with Gasteiger partial charge in [0.05, 0.1) is 12.7 Å². The van der Waals surface area contributed by atoms with Gasteiger partial charge in [0.15, 0.2) is 0 Å². The number of nitrogens with one attached hydrogen (secondary N) is 1. The van der Waals surface area contributed by atoms with Crippen LogP contribution in [-0.4, -0.2) is 23.7 Å². The number of hydrogen-bond donors (Lipinski definition) is 2. The Morgan fingerprint density at radius 2 is 2.25 bits per heavy atom. The lowest BCUT2D eigenvalue weighted by molar-refractivity contribution is 0.0310. The van der Waals surface area contributed by atoms with E-state index in [4.69, 9.17) is 10.6 Å². The standard InChI is InChI=1S/C16H26N2OS/c1-3-12(2)20-11-14(18-17)10-16-15-7-5-4-6-13(15)8-9-19-16/h4-7,12,14,16,18H,3,8-11,17H2,1-2H3. The van der Waals surface area contributed by atoms with Gasteiger partial charge in [0, 0.05) is 17.0 Å². The number of rotatable bonds is 7. The molecular weight excluding hydrogens is 268 g/mol. The van der Waals surface area contributed by atoms with E-state index < -0.39 is 0 Å². The average molecular weight is 294 g/mol. The molecule has 1 aromatic rings. The fraction of sp³-hybridized carbons (Fsp3) is 0.625. The second-order valence-corrected chi connectivity index (χ2v) is 6.93. The summed E-state index contributed by atoms with van der Waals surface area (Å²) >= 11 is 1.98. The van der Waals surface area contributed by atoms with Crippen LogP contribution in [0.3, 0.4) is 0 Å². The van der Waals surface area contributed by atoms with E-state index in [9.17, 15) is 0 Å². The van der Waals surface area contributed by atoms with Crippen molar-refractivity contribution >= 4 is 11.8 Å². The minimum Gasteiger partial charge on any atom is -0.373 e. The largest absolute Gasteiger partial charge is 0.373 e. The molecule has 3 unspecified atom stereocenters. The quantitative estimate of drug-likeness (QED) is 0.599. The van der Waals surface area contributed by atoms with E-state index in [0.29, 0.717) is 11.3 Å². The van der Waals surface area contributed by atoms with Crippen LogP contribution in [0.15, 0.2) is 24.3 Å². The summed E-state index contributed by atoms with van der Waals surface area (Å²) in [5.41, 5.74) is 5.72. The molecule has 1 heterocycles. The molecule has 1 aliphatic rings. The normalized spacial score (nSPS) is 21.2. The van der Waals surface area contributed by atoms with Crippen LogP contribution in [0.2, 0.25) is 0 Å². The minimum atomic E-state index is 0.179. The minimum absolute atomic E-state index is 0.179. The fourth-order valence-electron chi connectivity index (χ4n) is 2.51. The van der Waals surface area contributed by atoms with Crippen molar-refractivity contribution in [1.82, 2.24) is 5.43 Å². The zero-order chi connectivity index (χ0) is 14.4. The molecule has 2 rings (SSSR count). The van der Waals surface area contributed by atoms with Gasteiger partial charge in [-0.05, 0) is 30.4 Å². The first kappa shape index (κ1) is 15.8. The zero-order valence-electron chi connectivity index (χ0n) is 12.5. The van der Waals surface area contributed by atoms with Crippen molar-refractivity contribution in [2.24, 2.45) is 5.84 Å². The van der Waals surface area contributed by atoms with Gasteiger partial charge < -0.3 is 4.74 Å². The van der Waals surface area contributed by atoms with Gasteiger partial charge in [-0.2, -0.15) is 11.8 Å². The Labute approximate surface area is 126 Å². The van der Waals surface area contributed by atoms with E-state index in [1.54, 1.807) is 0 Å². The molecule has 4 heteroatoms. The molecule has 0 saturated heterocycles. The number of nitrogens with two attached hydrogens (primary N) is 1. The lowest BCUT2D eigenvalue weighted by Gasteiger charge is -2.29. The lowest BCUT2D eigenvalue weighted by Crippen LogP contribution is -2.39.